The lowest BCUT2D eigenvalue weighted by atomic mass is 10.3. The molecule has 2 amide bonds. The van der Waals surface area contributed by atoms with Crippen molar-refractivity contribution in [1.29, 1.82) is 0 Å². The zero-order chi connectivity index (χ0) is 20.2. The highest BCUT2D eigenvalue weighted by Crippen LogP contribution is 2.24. The number of thioether (sulfide) groups is 1. The number of carbonyl (C=O) groups is 2. The summed E-state index contributed by atoms with van der Waals surface area (Å²) in [5, 5.41) is 20.9. The van der Waals surface area contributed by atoms with Crippen LogP contribution in [0.5, 0.6) is 0 Å². The first kappa shape index (κ1) is 19.1. The third-order valence-electron chi connectivity index (χ3n) is 3.83. The maximum atomic E-state index is 12.3. The van der Waals surface area contributed by atoms with Crippen LogP contribution in [0.25, 0.3) is 16.2 Å². The monoisotopic (exact) mass is 424 g/mol. The predicted molar refractivity (Wildman–Crippen MR) is 114 cm³/mol. The van der Waals surface area contributed by atoms with Crippen molar-refractivity contribution >= 4 is 51.9 Å². The third-order valence-corrected chi connectivity index (χ3v) is 5.64. The first-order chi connectivity index (χ1) is 14.1. The van der Waals surface area contributed by atoms with E-state index in [9.17, 15) is 9.59 Å². The van der Waals surface area contributed by atoms with Crippen molar-refractivity contribution in [3.63, 3.8) is 0 Å². The summed E-state index contributed by atoms with van der Waals surface area (Å²) in [5.74, 6) is -0.151. The van der Waals surface area contributed by atoms with Gasteiger partial charge in [-0.3, -0.25) is 9.59 Å². The summed E-state index contributed by atoms with van der Waals surface area (Å²) in [6, 6.07) is 14.7. The lowest BCUT2D eigenvalue weighted by Gasteiger charge is -2.06. The van der Waals surface area contributed by atoms with Crippen LogP contribution in [-0.4, -0.2) is 37.4 Å². The molecular weight excluding hydrogens is 408 g/mol. The fourth-order valence-corrected chi connectivity index (χ4v) is 3.96. The molecule has 4 aromatic rings. The van der Waals surface area contributed by atoms with Gasteiger partial charge in [-0.05, 0) is 47.8 Å². The van der Waals surface area contributed by atoms with Gasteiger partial charge in [-0.2, -0.15) is 9.61 Å². The van der Waals surface area contributed by atoms with Crippen LogP contribution in [0.1, 0.15) is 6.92 Å². The molecule has 0 saturated carbocycles. The van der Waals surface area contributed by atoms with Crippen molar-refractivity contribution in [3.05, 3.63) is 53.9 Å². The first-order valence-electron chi connectivity index (χ1n) is 8.65. The van der Waals surface area contributed by atoms with E-state index >= 15 is 0 Å². The Hall–Kier alpha value is -3.24. The highest BCUT2D eigenvalue weighted by Gasteiger charge is 2.12. The first-order valence-corrected chi connectivity index (χ1v) is 10.5. The second-order valence-electron chi connectivity index (χ2n) is 6.04. The Balaban J connectivity index is 1.40. The van der Waals surface area contributed by atoms with Crippen LogP contribution >= 0.6 is 23.1 Å². The minimum Gasteiger partial charge on any atom is -0.326 e. The number of aromatic nitrogens is 4. The van der Waals surface area contributed by atoms with Gasteiger partial charge in [0.25, 0.3) is 0 Å². The number of nitrogens with one attached hydrogen (secondary N) is 2. The van der Waals surface area contributed by atoms with Gasteiger partial charge in [0.1, 0.15) is 5.69 Å². The second-order valence-corrected chi connectivity index (χ2v) is 7.93. The molecule has 29 heavy (non-hydrogen) atoms. The molecule has 0 aliphatic carbocycles. The molecule has 3 aromatic heterocycles. The number of amides is 2. The number of anilines is 2. The molecule has 1 aromatic carbocycles. The molecular formula is C19H16N6O2S2. The molecule has 0 aliphatic rings. The number of fused-ring (bicyclic) bond motifs is 1. The Morgan fingerprint density at radius 3 is 2.48 bits per heavy atom. The SMILES string of the molecule is CC(=O)Nc1ccc(NC(=O)CSc2nnc3ccc(-c4cccs4)nn23)cc1. The van der Waals surface area contributed by atoms with Gasteiger partial charge in [-0.1, -0.05) is 17.8 Å². The van der Waals surface area contributed by atoms with Crippen molar-refractivity contribution in [3.8, 4) is 10.6 Å². The summed E-state index contributed by atoms with van der Waals surface area (Å²) in [7, 11) is 0. The van der Waals surface area contributed by atoms with Gasteiger partial charge in [-0.15, -0.1) is 21.5 Å². The van der Waals surface area contributed by atoms with Crippen molar-refractivity contribution in [2.45, 2.75) is 12.1 Å². The fraction of sp³-hybridized carbons (Fsp3) is 0.105. The van der Waals surface area contributed by atoms with E-state index in [0.717, 1.165) is 10.6 Å². The van der Waals surface area contributed by atoms with Crippen molar-refractivity contribution in [2.75, 3.05) is 16.4 Å². The molecule has 0 atom stereocenters. The summed E-state index contributed by atoms with van der Waals surface area (Å²) in [6.07, 6.45) is 0. The van der Waals surface area contributed by atoms with Gasteiger partial charge in [0.15, 0.2) is 5.65 Å². The predicted octanol–water partition coefficient (Wildman–Crippen LogP) is 3.54. The van der Waals surface area contributed by atoms with E-state index in [1.165, 1.54) is 18.7 Å². The third kappa shape index (κ3) is 4.61. The fourth-order valence-electron chi connectivity index (χ4n) is 2.58. The van der Waals surface area contributed by atoms with Gasteiger partial charge in [-0.25, -0.2) is 0 Å². The topological polar surface area (TPSA) is 101 Å². The van der Waals surface area contributed by atoms with Crippen LogP contribution in [0.3, 0.4) is 0 Å². The van der Waals surface area contributed by atoms with E-state index in [4.69, 9.17) is 0 Å². The smallest absolute Gasteiger partial charge is 0.234 e. The van der Waals surface area contributed by atoms with Gasteiger partial charge < -0.3 is 10.6 Å². The summed E-state index contributed by atoms with van der Waals surface area (Å²) in [6.45, 7) is 1.44. The molecule has 4 rings (SSSR count). The second kappa shape index (κ2) is 8.41. The molecule has 0 saturated heterocycles. The van der Waals surface area contributed by atoms with E-state index in [2.05, 4.69) is 25.9 Å². The largest absolute Gasteiger partial charge is 0.326 e. The Labute approximate surface area is 174 Å². The van der Waals surface area contributed by atoms with Crippen LogP contribution in [0.2, 0.25) is 0 Å². The Kier molecular flexibility index (Phi) is 5.54. The molecule has 2 N–H and O–H groups in total. The molecule has 0 radical (unpaired) electrons. The summed E-state index contributed by atoms with van der Waals surface area (Å²) >= 11 is 2.87. The molecule has 8 nitrogen and oxygen atoms in total. The normalized spacial score (nSPS) is 10.8. The average Bonchev–Trinajstić information content (AvgIpc) is 3.37. The van der Waals surface area contributed by atoms with Crippen LogP contribution < -0.4 is 10.6 Å². The molecule has 10 heteroatoms. The van der Waals surface area contributed by atoms with Gasteiger partial charge in [0.2, 0.25) is 17.0 Å². The molecule has 0 aliphatic heterocycles. The van der Waals surface area contributed by atoms with E-state index < -0.39 is 0 Å². The zero-order valence-corrected chi connectivity index (χ0v) is 17.0. The summed E-state index contributed by atoms with van der Waals surface area (Å²) < 4.78 is 1.65. The average molecular weight is 425 g/mol. The van der Waals surface area contributed by atoms with Gasteiger partial charge >= 0.3 is 0 Å². The standard InChI is InChI=1S/C19H16N6O2S2/c1-12(26)20-13-4-6-14(7-5-13)21-18(27)11-29-19-23-22-17-9-8-15(24-25(17)19)16-3-2-10-28-16/h2-10H,11H2,1H3,(H,20,26)(H,21,27). The van der Waals surface area contributed by atoms with E-state index in [-0.39, 0.29) is 17.6 Å². The highest BCUT2D eigenvalue weighted by atomic mass is 32.2. The zero-order valence-electron chi connectivity index (χ0n) is 15.3. The lowest BCUT2D eigenvalue weighted by molar-refractivity contribution is -0.114. The Bertz CT molecular complexity index is 1160. The van der Waals surface area contributed by atoms with Gasteiger partial charge in [0, 0.05) is 18.3 Å². The quantitative estimate of drug-likeness (QED) is 0.459. The number of thiophene rings is 1. The number of benzene rings is 1. The number of carbonyl (C=O) groups excluding carboxylic acids is 2. The molecule has 0 fully saturated rings. The van der Waals surface area contributed by atoms with Crippen LogP contribution in [0, 0.1) is 0 Å². The number of nitrogens with zero attached hydrogens (tertiary/aromatic N) is 4. The van der Waals surface area contributed by atoms with Crippen molar-refractivity contribution in [2.24, 2.45) is 0 Å². The van der Waals surface area contributed by atoms with E-state index in [0.29, 0.717) is 22.2 Å². The number of hydrogen-bond donors (Lipinski definition) is 2. The summed E-state index contributed by atoms with van der Waals surface area (Å²) in [5.41, 5.74) is 2.78. The van der Waals surface area contributed by atoms with Crippen molar-refractivity contribution in [1.82, 2.24) is 19.8 Å². The molecule has 146 valence electrons. The summed E-state index contributed by atoms with van der Waals surface area (Å²) in [4.78, 5) is 24.4. The van der Waals surface area contributed by atoms with E-state index in [1.807, 2.05) is 29.6 Å². The number of hydrogen-bond acceptors (Lipinski definition) is 7. The number of rotatable bonds is 6. The van der Waals surface area contributed by atoms with Crippen LogP contribution in [0.4, 0.5) is 11.4 Å². The van der Waals surface area contributed by atoms with E-state index in [1.54, 1.807) is 40.1 Å². The Morgan fingerprint density at radius 2 is 1.79 bits per heavy atom. The highest BCUT2D eigenvalue weighted by molar-refractivity contribution is 7.99. The molecule has 0 spiro atoms. The van der Waals surface area contributed by atoms with Crippen molar-refractivity contribution < 1.29 is 9.59 Å². The Morgan fingerprint density at radius 1 is 1.03 bits per heavy atom. The minimum atomic E-state index is -0.173. The van der Waals surface area contributed by atoms with Crippen LogP contribution in [0.15, 0.2) is 59.1 Å². The maximum Gasteiger partial charge on any atom is 0.234 e. The van der Waals surface area contributed by atoms with Crippen LogP contribution in [-0.2, 0) is 9.59 Å². The molecule has 0 bridgehead atoms. The molecule has 0 unspecified atom stereocenters. The molecule has 3 heterocycles. The maximum absolute atomic E-state index is 12.3. The van der Waals surface area contributed by atoms with Gasteiger partial charge in [0.05, 0.1) is 10.6 Å². The lowest BCUT2D eigenvalue weighted by Crippen LogP contribution is -2.14. The minimum absolute atomic E-state index is 0.144.